The molecule has 1 rings (SSSR count). The van der Waals surface area contributed by atoms with Crippen molar-refractivity contribution in [1.82, 2.24) is 9.80 Å². The van der Waals surface area contributed by atoms with E-state index in [1.807, 2.05) is 0 Å². The van der Waals surface area contributed by atoms with Crippen LogP contribution in [0.15, 0.2) is 0 Å². The van der Waals surface area contributed by atoms with E-state index in [0.717, 1.165) is 0 Å². The van der Waals surface area contributed by atoms with Gasteiger partial charge >= 0.3 is 0 Å². The lowest BCUT2D eigenvalue weighted by atomic mass is 9.82. The molecule has 0 spiro atoms. The van der Waals surface area contributed by atoms with E-state index in [0.29, 0.717) is 5.54 Å². The fourth-order valence-corrected chi connectivity index (χ4v) is 2.42. The van der Waals surface area contributed by atoms with Crippen molar-refractivity contribution in [2.45, 2.75) is 38.1 Å². The van der Waals surface area contributed by atoms with Crippen LogP contribution in [0.1, 0.15) is 32.6 Å². The zero-order chi connectivity index (χ0) is 9.90. The zero-order valence-electron chi connectivity index (χ0n) is 9.64. The summed E-state index contributed by atoms with van der Waals surface area (Å²) in [6.07, 6.45) is 5.34. The monoisotopic (exact) mass is 184 g/mol. The Morgan fingerprint density at radius 2 is 1.77 bits per heavy atom. The number of piperidine rings is 1. The van der Waals surface area contributed by atoms with E-state index in [9.17, 15) is 0 Å². The molecule has 1 aliphatic rings. The molecule has 0 aromatic carbocycles. The number of hydrogen-bond donors (Lipinski definition) is 0. The van der Waals surface area contributed by atoms with Crippen LogP contribution in [-0.4, -0.2) is 49.6 Å². The van der Waals surface area contributed by atoms with Gasteiger partial charge in [0.25, 0.3) is 0 Å². The third-order valence-electron chi connectivity index (χ3n) is 3.58. The fraction of sp³-hybridized carbons (Fsp3) is 1.00. The van der Waals surface area contributed by atoms with Crippen LogP contribution < -0.4 is 0 Å². The zero-order valence-corrected chi connectivity index (χ0v) is 9.64. The van der Waals surface area contributed by atoms with Crippen molar-refractivity contribution < 1.29 is 0 Å². The summed E-state index contributed by atoms with van der Waals surface area (Å²) in [5.74, 6) is 0. The summed E-state index contributed by atoms with van der Waals surface area (Å²) < 4.78 is 0. The lowest BCUT2D eigenvalue weighted by Gasteiger charge is -2.45. The van der Waals surface area contributed by atoms with Gasteiger partial charge in [0.15, 0.2) is 0 Å². The first kappa shape index (κ1) is 11.0. The van der Waals surface area contributed by atoms with Gasteiger partial charge in [0.1, 0.15) is 0 Å². The summed E-state index contributed by atoms with van der Waals surface area (Å²) in [7, 11) is 6.70. The standard InChI is InChI=1S/C11H24N2/c1-5-6-11(12(2)3)7-9-13(4)10-8-11/h5-10H2,1-4H3. The van der Waals surface area contributed by atoms with E-state index < -0.39 is 0 Å². The lowest BCUT2D eigenvalue weighted by Crippen LogP contribution is -2.51. The highest BCUT2D eigenvalue weighted by Gasteiger charge is 2.34. The molecule has 13 heavy (non-hydrogen) atoms. The SMILES string of the molecule is CCCC1(N(C)C)CCN(C)CC1. The van der Waals surface area contributed by atoms with Crippen LogP contribution in [0, 0.1) is 0 Å². The lowest BCUT2D eigenvalue weighted by molar-refractivity contribution is 0.0581. The van der Waals surface area contributed by atoms with E-state index in [2.05, 4.69) is 37.9 Å². The Hall–Kier alpha value is -0.0800. The molecule has 0 radical (unpaired) electrons. The van der Waals surface area contributed by atoms with Crippen molar-refractivity contribution in [2.75, 3.05) is 34.2 Å². The van der Waals surface area contributed by atoms with Gasteiger partial charge in [-0.2, -0.15) is 0 Å². The fourth-order valence-electron chi connectivity index (χ4n) is 2.42. The van der Waals surface area contributed by atoms with Crippen LogP contribution in [0.2, 0.25) is 0 Å². The van der Waals surface area contributed by atoms with Gasteiger partial charge in [0.2, 0.25) is 0 Å². The van der Waals surface area contributed by atoms with Gasteiger partial charge in [0.05, 0.1) is 0 Å². The molecular weight excluding hydrogens is 160 g/mol. The number of hydrogen-bond acceptors (Lipinski definition) is 2. The van der Waals surface area contributed by atoms with E-state index in [1.54, 1.807) is 0 Å². The second-order valence-electron chi connectivity index (χ2n) is 4.67. The summed E-state index contributed by atoms with van der Waals surface area (Å²) >= 11 is 0. The van der Waals surface area contributed by atoms with E-state index >= 15 is 0 Å². The highest BCUT2D eigenvalue weighted by Crippen LogP contribution is 2.30. The smallest absolute Gasteiger partial charge is 0.0227 e. The minimum atomic E-state index is 0.501. The Kier molecular flexibility index (Phi) is 3.74. The van der Waals surface area contributed by atoms with Gasteiger partial charge in [-0.15, -0.1) is 0 Å². The van der Waals surface area contributed by atoms with E-state index in [4.69, 9.17) is 0 Å². The molecule has 2 nitrogen and oxygen atoms in total. The summed E-state index contributed by atoms with van der Waals surface area (Å²) in [6.45, 7) is 4.82. The normalized spacial score (nSPS) is 23.8. The molecule has 0 saturated carbocycles. The van der Waals surface area contributed by atoms with Crippen LogP contribution in [-0.2, 0) is 0 Å². The molecule has 1 aliphatic heterocycles. The van der Waals surface area contributed by atoms with Crippen LogP contribution in [0.25, 0.3) is 0 Å². The van der Waals surface area contributed by atoms with Crippen molar-refractivity contribution in [3.05, 3.63) is 0 Å². The molecule has 0 N–H and O–H groups in total. The third-order valence-corrected chi connectivity index (χ3v) is 3.58. The second-order valence-corrected chi connectivity index (χ2v) is 4.67. The topological polar surface area (TPSA) is 6.48 Å². The Morgan fingerprint density at radius 3 is 2.15 bits per heavy atom. The molecule has 0 aliphatic carbocycles. The molecule has 0 aromatic rings. The molecule has 1 fully saturated rings. The average Bonchev–Trinajstić information content (AvgIpc) is 2.09. The van der Waals surface area contributed by atoms with E-state index in [1.165, 1.54) is 38.8 Å². The Bertz CT molecular complexity index is 146. The van der Waals surface area contributed by atoms with Crippen molar-refractivity contribution >= 4 is 0 Å². The summed E-state index contributed by atoms with van der Waals surface area (Å²) in [5.41, 5.74) is 0.501. The predicted octanol–water partition coefficient (Wildman–Crippen LogP) is 1.81. The van der Waals surface area contributed by atoms with Crippen LogP contribution >= 0.6 is 0 Å². The number of likely N-dealkylation sites (tertiary alicyclic amines) is 1. The number of nitrogens with zero attached hydrogens (tertiary/aromatic N) is 2. The first-order valence-electron chi connectivity index (χ1n) is 5.47. The molecule has 1 saturated heterocycles. The van der Waals surface area contributed by atoms with Crippen LogP contribution in [0.4, 0.5) is 0 Å². The highest BCUT2D eigenvalue weighted by atomic mass is 15.2. The average molecular weight is 184 g/mol. The minimum absolute atomic E-state index is 0.501. The molecule has 0 amide bonds. The third kappa shape index (κ3) is 2.44. The van der Waals surface area contributed by atoms with Gasteiger partial charge < -0.3 is 9.80 Å². The van der Waals surface area contributed by atoms with Crippen LogP contribution in [0.3, 0.4) is 0 Å². The van der Waals surface area contributed by atoms with E-state index in [-0.39, 0.29) is 0 Å². The molecule has 0 unspecified atom stereocenters. The minimum Gasteiger partial charge on any atom is -0.306 e. The summed E-state index contributed by atoms with van der Waals surface area (Å²) in [4.78, 5) is 4.89. The van der Waals surface area contributed by atoms with Gasteiger partial charge in [-0.25, -0.2) is 0 Å². The highest BCUT2D eigenvalue weighted by molar-refractivity contribution is 4.92. The predicted molar refractivity (Wildman–Crippen MR) is 58.1 cm³/mol. The molecular formula is C11H24N2. The maximum absolute atomic E-state index is 2.45. The maximum Gasteiger partial charge on any atom is 0.0227 e. The van der Waals surface area contributed by atoms with Gasteiger partial charge in [-0.1, -0.05) is 13.3 Å². The van der Waals surface area contributed by atoms with Crippen molar-refractivity contribution in [2.24, 2.45) is 0 Å². The first-order chi connectivity index (χ1) is 6.10. The van der Waals surface area contributed by atoms with Gasteiger partial charge in [-0.05, 0) is 53.5 Å². The summed E-state index contributed by atoms with van der Waals surface area (Å²) in [6, 6.07) is 0. The largest absolute Gasteiger partial charge is 0.306 e. The maximum atomic E-state index is 2.45. The molecule has 1 heterocycles. The molecule has 0 atom stereocenters. The van der Waals surface area contributed by atoms with Crippen LogP contribution in [0.5, 0.6) is 0 Å². The Labute approximate surface area is 82.9 Å². The van der Waals surface area contributed by atoms with Crippen molar-refractivity contribution in [3.63, 3.8) is 0 Å². The van der Waals surface area contributed by atoms with Crippen molar-refractivity contribution in [1.29, 1.82) is 0 Å². The van der Waals surface area contributed by atoms with Gasteiger partial charge in [0, 0.05) is 5.54 Å². The quantitative estimate of drug-likeness (QED) is 0.660. The Morgan fingerprint density at radius 1 is 1.23 bits per heavy atom. The van der Waals surface area contributed by atoms with Gasteiger partial charge in [-0.3, -0.25) is 0 Å². The Balaban J connectivity index is 2.58. The molecule has 2 heteroatoms. The molecule has 0 bridgehead atoms. The van der Waals surface area contributed by atoms with Crippen molar-refractivity contribution in [3.8, 4) is 0 Å². The summed E-state index contributed by atoms with van der Waals surface area (Å²) in [5, 5.41) is 0. The first-order valence-corrected chi connectivity index (χ1v) is 5.47. The number of rotatable bonds is 3. The molecule has 78 valence electrons. The molecule has 0 aromatic heterocycles. The second kappa shape index (κ2) is 4.43.